The molecule has 1 aromatic rings. The summed E-state index contributed by atoms with van der Waals surface area (Å²) in [6, 6.07) is 4.66. The van der Waals surface area contributed by atoms with Crippen LogP contribution >= 0.6 is 0 Å². The zero-order valence-electron chi connectivity index (χ0n) is 12.1. The van der Waals surface area contributed by atoms with Gasteiger partial charge in [0.25, 0.3) is 0 Å². The van der Waals surface area contributed by atoms with Crippen molar-refractivity contribution in [2.24, 2.45) is 5.73 Å². The van der Waals surface area contributed by atoms with Gasteiger partial charge in [0, 0.05) is 30.6 Å². The number of hydrogen-bond acceptors (Lipinski definition) is 3. The summed E-state index contributed by atoms with van der Waals surface area (Å²) in [6.45, 7) is 5.42. The second kappa shape index (κ2) is 5.34. The van der Waals surface area contributed by atoms with E-state index in [1.165, 1.54) is 12.1 Å². The standard InChI is InChI=1S/C16H23FN2O/c1-2-19-8-3-6-16(7-9-19)11-14(18)13-5-4-12(17)10-15(13)20-16/h4-5,10,14H,2-3,6-9,11,18H2,1H3/t14-,16?/m0/s1. The van der Waals surface area contributed by atoms with Gasteiger partial charge in [-0.15, -0.1) is 0 Å². The van der Waals surface area contributed by atoms with Gasteiger partial charge in [-0.1, -0.05) is 13.0 Å². The fourth-order valence-corrected chi connectivity index (χ4v) is 3.53. The van der Waals surface area contributed by atoms with Gasteiger partial charge >= 0.3 is 0 Å². The Morgan fingerprint density at radius 3 is 3.05 bits per heavy atom. The smallest absolute Gasteiger partial charge is 0.127 e. The summed E-state index contributed by atoms with van der Waals surface area (Å²) in [4.78, 5) is 2.45. The summed E-state index contributed by atoms with van der Waals surface area (Å²) < 4.78 is 19.7. The number of hydrogen-bond donors (Lipinski definition) is 1. The van der Waals surface area contributed by atoms with Crippen molar-refractivity contribution in [2.75, 3.05) is 19.6 Å². The van der Waals surface area contributed by atoms with Crippen LogP contribution in [0.2, 0.25) is 0 Å². The van der Waals surface area contributed by atoms with Crippen molar-refractivity contribution in [2.45, 2.75) is 44.2 Å². The molecule has 0 radical (unpaired) electrons. The zero-order chi connectivity index (χ0) is 14.2. The molecule has 1 spiro atoms. The molecular weight excluding hydrogens is 255 g/mol. The highest BCUT2D eigenvalue weighted by Crippen LogP contribution is 2.43. The summed E-state index contributed by atoms with van der Waals surface area (Å²) in [7, 11) is 0. The quantitative estimate of drug-likeness (QED) is 0.858. The maximum Gasteiger partial charge on any atom is 0.127 e. The van der Waals surface area contributed by atoms with E-state index in [1.807, 2.05) is 0 Å². The number of nitrogens with zero attached hydrogens (tertiary/aromatic N) is 1. The SMILES string of the molecule is CCN1CCCC2(CC1)C[C@H](N)c1ccc(F)cc1O2. The Balaban J connectivity index is 1.86. The van der Waals surface area contributed by atoms with E-state index in [-0.39, 0.29) is 17.5 Å². The summed E-state index contributed by atoms with van der Waals surface area (Å²) in [6.07, 6.45) is 3.94. The first-order chi connectivity index (χ1) is 9.62. The molecule has 1 aromatic carbocycles. The molecule has 0 aromatic heterocycles. The lowest BCUT2D eigenvalue weighted by Gasteiger charge is -2.41. The Kier molecular flexibility index (Phi) is 3.69. The van der Waals surface area contributed by atoms with Gasteiger partial charge in [0.15, 0.2) is 0 Å². The maximum absolute atomic E-state index is 13.4. The molecule has 110 valence electrons. The number of ether oxygens (including phenoxy) is 1. The highest BCUT2D eigenvalue weighted by Gasteiger charge is 2.40. The number of benzene rings is 1. The van der Waals surface area contributed by atoms with Crippen LogP contribution in [-0.2, 0) is 0 Å². The van der Waals surface area contributed by atoms with Gasteiger partial charge in [0.2, 0.25) is 0 Å². The second-order valence-electron chi connectivity index (χ2n) is 6.07. The second-order valence-corrected chi connectivity index (χ2v) is 6.07. The van der Waals surface area contributed by atoms with Crippen molar-refractivity contribution >= 4 is 0 Å². The molecule has 1 saturated heterocycles. The molecule has 0 amide bonds. The Morgan fingerprint density at radius 2 is 2.25 bits per heavy atom. The van der Waals surface area contributed by atoms with E-state index in [0.717, 1.165) is 50.9 Å². The fraction of sp³-hybridized carbons (Fsp3) is 0.625. The number of fused-ring (bicyclic) bond motifs is 1. The number of halogens is 1. The lowest BCUT2D eigenvalue weighted by molar-refractivity contribution is 0.0216. The molecular formula is C16H23FN2O. The van der Waals surface area contributed by atoms with Crippen molar-refractivity contribution in [1.82, 2.24) is 4.90 Å². The third-order valence-electron chi connectivity index (χ3n) is 4.73. The van der Waals surface area contributed by atoms with Gasteiger partial charge in [-0.25, -0.2) is 4.39 Å². The third-order valence-corrected chi connectivity index (χ3v) is 4.73. The molecule has 1 fully saturated rings. The Labute approximate surface area is 119 Å². The van der Waals surface area contributed by atoms with Gasteiger partial charge < -0.3 is 15.4 Å². The van der Waals surface area contributed by atoms with E-state index < -0.39 is 0 Å². The first kappa shape index (κ1) is 13.8. The molecule has 2 heterocycles. The van der Waals surface area contributed by atoms with Crippen molar-refractivity contribution in [3.63, 3.8) is 0 Å². The topological polar surface area (TPSA) is 38.5 Å². The van der Waals surface area contributed by atoms with E-state index in [9.17, 15) is 4.39 Å². The number of nitrogens with two attached hydrogens (primary N) is 1. The van der Waals surface area contributed by atoms with Gasteiger partial charge in [-0.2, -0.15) is 0 Å². The van der Waals surface area contributed by atoms with E-state index in [0.29, 0.717) is 5.75 Å². The first-order valence-corrected chi connectivity index (χ1v) is 7.58. The molecule has 4 heteroatoms. The fourth-order valence-electron chi connectivity index (χ4n) is 3.53. The van der Waals surface area contributed by atoms with Crippen LogP contribution < -0.4 is 10.5 Å². The van der Waals surface area contributed by atoms with Crippen LogP contribution in [0.4, 0.5) is 4.39 Å². The van der Waals surface area contributed by atoms with Crippen LogP contribution in [0, 0.1) is 5.82 Å². The normalized spacial score (nSPS) is 30.6. The highest BCUT2D eigenvalue weighted by atomic mass is 19.1. The number of likely N-dealkylation sites (tertiary alicyclic amines) is 1. The lowest BCUT2D eigenvalue weighted by atomic mass is 9.82. The van der Waals surface area contributed by atoms with Crippen LogP contribution in [0.5, 0.6) is 5.75 Å². The van der Waals surface area contributed by atoms with Crippen molar-refractivity contribution in [1.29, 1.82) is 0 Å². The van der Waals surface area contributed by atoms with E-state index in [1.54, 1.807) is 6.07 Å². The summed E-state index contributed by atoms with van der Waals surface area (Å²) in [5, 5.41) is 0. The summed E-state index contributed by atoms with van der Waals surface area (Å²) >= 11 is 0. The Hall–Kier alpha value is -1.13. The monoisotopic (exact) mass is 278 g/mol. The van der Waals surface area contributed by atoms with E-state index in [4.69, 9.17) is 10.5 Å². The molecule has 3 nitrogen and oxygen atoms in total. The summed E-state index contributed by atoms with van der Waals surface area (Å²) in [5.74, 6) is 0.394. The third kappa shape index (κ3) is 2.54. The minimum Gasteiger partial charge on any atom is -0.487 e. The lowest BCUT2D eigenvalue weighted by Crippen LogP contribution is -2.43. The summed E-state index contributed by atoms with van der Waals surface area (Å²) in [5.41, 5.74) is 7.04. The van der Waals surface area contributed by atoms with Crippen LogP contribution in [-0.4, -0.2) is 30.1 Å². The molecule has 3 rings (SSSR count). The van der Waals surface area contributed by atoms with Gasteiger partial charge in [-0.3, -0.25) is 0 Å². The molecule has 0 aliphatic carbocycles. The van der Waals surface area contributed by atoms with E-state index >= 15 is 0 Å². The van der Waals surface area contributed by atoms with E-state index in [2.05, 4.69) is 11.8 Å². The molecule has 2 aliphatic heterocycles. The number of rotatable bonds is 1. The van der Waals surface area contributed by atoms with Crippen molar-refractivity contribution in [3.8, 4) is 5.75 Å². The van der Waals surface area contributed by atoms with Gasteiger partial charge in [0.1, 0.15) is 17.2 Å². The zero-order valence-corrected chi connectivity index (χ0v) is 12.1. The van der Waals surface area contributed by atoms with Crippen molar-refractivity contribution < 1.29 is 9.13 Å². The van der Waals surface area contributed by atoms with Crippen LogP contribution in [0.15, 0.2) is 18.2 Å². The minimum atomic E-state index is -0.253. The highest BCUT2D eigenvalue weighted by molar-refractivity contribution is 5.39. The Morgan fingerprint density at radius 1 is 1.40 bits per heavy atom. The maximum atomic E-state index is 13.4. The molecule has 2 atom stereocenters. The Bertz CT molecular complexity index is 493. The molecule has 20 heavy (non-hydrogen) atoms. The molecule has 0 bridgehead atoms. The molecule has 2 N–H and O–H groups in total. The molecule has 0 saturated carbocycles. The van der Waals surface area contributed by atoms with Crippen LogP contribution in [0.3, 0.4) is 0 Å². The molecule has 1 unspecified atom stereocenters. The van der Waals surface area contributed by atoms with Crippen molar-refractivity contribution in [3.05, 3.63) is 29.6 Å². The van der Waals surface area contributed by atoms with Gasteiger partial charge in [-0.05, 0) is 38.4 Å². The van der Waals surface area contributed by atoms with Gasteiger partial charge in [0.05, 0.1) is 0 Å². The first-order valence-electron chi connectivity index (χ1n) is 7.58. The largest absolute Gasteiger partial charge is 0.487 e. The van der Waals surface area contributed by atoms with Crippen LogP contribution in [0.1, 0.15) is 44.2 Å². The molecule has 2 aliphatic rings. The average Bonchev–Trinajstić information content (AvgIpc) is 2.60. The van der Waals surface area contributed by atoms with Crippen LogP contribution in [0.25, 0.3) is 0 Å². The predicted molar refractivity (Wildman–Crippen MR) is 77.3 cm³/mol. The minimum absolute atomic E-state index is 0.0486. The predicted octanol–water partition coefficient (Wildman–Crippen LogP) is 2.85. The average molecular weight is 278 g/mol.